The lowest BCUT2D eigenvalue weighted by molar-refractivity contribution is -0.117. The molecule has 7 heteroatoms. The number of hydrogen-bond donors (Lipinski definition) is 2. The van der Waals surface area contributed by atoms with Gasteiger partial charge >= 0.3 is 0 Å². The summed E-state index contributed by atoms with van der Waals surface area (Å²) < 4.78 is 1.82. The number of carbonyl (C=O) groups excluding carboxylic acids is 1. The molecule has 3 heterocycles. The minimum absolute atomic E-state index is 0.0104. The van der Waals surface area contributed by atoms with E-state index in [1.165, 1.54) is 0 Å². The second kappa shape index (κ2) is 7.17. The summed E-state index contributed by atoms with van der Waals surface area (Å²) in [5.74, 6) is 1.17. The molecular weight excluding hydrogens is 304 g/mol. The molecule has 7 nitrogen and oxygen atoms in total. The van der Waals surface area contributed by atoms with Crippen molar-refractivity contribution in [3.63, 3.8) is 0 Å². The lowest BCUT2D eigenvalue weighted by Gasteiger charge is -2.31. The van der Waals surface area contributed by atoms with Gasteiger partial charge in [0.25, 0.3) is 0 Å². The van der Waals surface area contributed by atoms with Crippen LogP contribution in [0.5, 0.6) is 0 Å². The Kier molecular flexibility index (Phi) is 4.99. The van der Waals surface area contributed by atoms with E-state index >= 15 is 0 Å². The minimum atomic E-state index is 0.0104. The first kappa shape index (κ1) is 16.7. The molecule has 0 aliphatic carbocycles. The van der Waals surface area contributed by atoms with Crippen molar-refractivity contribution in [1.29, 1.82) is 0 Å². The fourth-order valence-electron chi connectivity index (χ4n) is 3.30. The van der Waals surface area contributed by atoms with Crippen molar-refractivity contribution in [2.45, 2.75) is 45.6 Å². The molecule has 24 heavy (non-hydrogen) atoms. The van der Waals surface area contributed by atoms with Crippen LogP contribution in [-0.4, -0.2) is 50.4 Å². The summed E-state index contributed by atoms with van der Waals surface area (Å²) in [6, 6.07) is 4.16. The lowest BCUT2D eigenvalue weighted by atomic mass is 9.94. The molecule has 2 aromatic rings. The summed E-state index contributed by atoms with van der Waals surface area (Å²) in [6.07, 6.45) is 3.93. The average Bonchev–Trinajstić information content (AvgIpc) is 3.16. The van der Waals surface area contributed by atoms with E-state index in [2.05, 4.69) is 31.6 Å². The van der Waals surface area contributed by atoms with Crippen molar-refractivity contribution in [2.24, 2.45) is 0 Å². The summed E-state index contributed by atoms with van der Waals surface area (Å²) in [6.45, 7) is 8.34. The van der Waals surface area contributed by atoms with Crippen LogP contribution >= 0.6 is 0 Å². The van der Waals surface area contributed by atoms with Crippen LogP contribution in [0.25, 0.3) is 0 Å². The van der Waals surface area contributed by atoms with Gasteiger partial charge in [0.1, 0.15) is 5.82 Å². The number of amides is 1. The Hall–Kier alpha value is -2.15. The van der Waals surface area contributed by atoms with E-state index in [4.69, 9.17) is 0 Å². The van der Waals surface area contributed by atoms with Crippen LogP contribution in [0.3, 0.4) is 0 Å². The minimum Gasteiger partial charge on any atom is -0.310 e. The number of aromatic amines is 1. The summed E-state index contributed by atoms with van der Waals surface area (Å²) in [5, 5.41) is 14.6. The second-order valence-corrected chi connectivity index (χ2v) is 6.85. The summed E-state index contributed by atoms with van der Waals surface area (Å²) in [4.78, 5) is 14.6. The molecule has 0 aromatic carbocycles. The van der Waals surface area contributed by atoms with E-state index in [0.29, 0.717) is 12.5 Å². The van der Waals surface area contributed by atoms with Crippen molar-refractivity contribution in [1.82, 2.24) is 24.9 Å². The number of nitrogens with zero attached hydrogens (tertiary/aromatic N) is 4. The number of piperidine rings is 1. The highest BCUT2D eigenvalue weighted by atomic mass is 16.2. The molecule has 1 saturated heterocycles. The smallest absolute Gasteiger partial charge is 0.239 e. The maximum Gasteiger partial charge on any atom is 0.239 e. The molecule has 1 aliphatic rings. The Morgan fingerprint density at radius 2 is 2.33 bits per heavy atom. The van der Waals surface area contributed by atoms with E-state index in [-0.39, 0.29) is 11.9 Å². The van der Waals surface area contributed by atoms with Gasteiger partial charge in [0.2, 0.25) is 5.91 Å². The summed E-state index contributed by atoms with van der Waals surface area (Å²) in [5.41, 5.74) is 2.19. The SMILES string of the molecule is Cc1cc(C2CCCN(CC(=O)Nc3ccnn3C(C)C)C2)n[nH]1. The molecule has 1 unspecified atom stereocenters. The summed E-state index contributed by atoms with van der Waals surface area (Å²) >= 11 is 0. The fourth-order valence-corrected chi connectivity index (χ4v) is 3.30. The van der Waals surface area contributed by atoms with E-state index < -0.39 is 0 Å². The van der Waals surface area contributed by atoms with Crippen LogP contribution in [0.2, 0.25) is 0 Å². The van der Waals surface area contributed by atoms with Gasteiger partial charge in [0, 0.05) is 30.3 Å². The van der Waals surface area contributed by atoms with Gasteiger partial charge in [-0.2, -0.15) is 10.2 Å². The standard InChI is InChI=1S/C17H26N6O/c1-12(2)23-16(6-7-18-23)19-17(24)11-22-8-4-5-14(10-22)15-9-13(3)20-21-15/h6-7,9,12,14H,4-5,8,10-11H2,1-3H3,(H,19,24)(H,20,21). The van der Waals surface area contributed by atoms with Crippen molar-refractivity contribution in [3.8, 4) is 0 Å². The van der Waals surface area contributed by atoms with Crippen LogP contribution in [0.1, 0.15) is 50.0 Å². The summed E-state index contributed by atoms with van der Waals surface area (Å²) in [7, 11) is 0. The number of H-pyrrole nitrogens is 1. The Labute approximate surface area is 142 Å². The number of nitrogens with one attached hydrogen (secondary N) is 2. The van der Waals surface area contributed by atoms with Crippen LogP contribution in [0, 0.1) is 6.92 Å². The molecule has 0 bridgehead atoms. The molecule has 2 aromatic heterocycles. The van der Waals surface area contributed by atoms with Gasteiger partial charge in [-0.05, 0) is 46.2 Å². The quantitative estimate of drug-likeness (QED) is 0.882. The van der Waals surface area contributed by atoms with E-state index in [1.807, 2.05) is 31.5 Å². The van der Waals surface area contributed by atoms with Crippen molar-refractivity contribution < 1.29 is 4.79 Å². The van der Waals surface area contributed by atoms with Gasteiger partial charge in [0.05, 0.1) is 18.4 Å². The number of anilines is 1. The fraction of sp³-hybridized carbons (Fsp3) is 0.588. The number of carbonyl (C=O) groups is 1. The molecular formula is C17H26N6O. The number of aryl methyl sites for hydroxylation is 1. The Morgan fingerprint density at radius 3 is 3.04 bits per heavy atom. The van der Waals surface area contributed by atoms with Crippen LogP contribution in [0.15, 0.2) is 18.3 Å². The largest absolute Gasteiger partial charge is 0.310 e. The van der Waals surface area contributed by atoms with Gasteiger partial charge in [-0.25, -0.2) is 4.68 Å². The predicted octanol–water partition coefficient (Wildman–Crippen LogP) is 2.31. The van der Waals surface area contributed by atoms with Crippen LogP contribution < -0.4 is 5.32 Å². The van der Waals surface area contributed by atoms with E-state index in [9.17, 15) is 4.79 Å². The zero-order valence-corrected chi connectivity index (χ0v) is 14.6. The first-order valence-electron chi connectivity index (χ1n) is 8.60. The topological polar surface area (TPSA) is 78.8 Å². The molecule has 2 N–H and O–H groups in total. The third kappa shape index (κ3) is 3.84. The zero-order valence-electron chi connectivity index (χ0n) is 14.6. The van der Waals surface area contributed by atoms with Crippen LogP contribution in [0.4, 0.5) is 5.82 Å². The van der Waals surface area contributed by atoms with Crippen molar-refractivity contribution in [2.75, 3.05) is 25.0 Å². The van der Waals surface area contributed by atoms with Crippen LogP contribution in [-0.2, 0) is 4.79 Å². The van der Waals surface area contributed by atoms with E-state index in [1.54, 1.807) is 6.20 Å². The van der Waals surface area contributed by atoms with Crippen molar-refractivity contribution >= 4 is 11.7 Å². The Morgan fingerprint density at radius 1 is 1.50 bits per heavy atom. The van der Waals surface area contributed by atoms with Crippen molar-refractivity contribution in [3.05, 3.63) is 29.7 Å². The Balaban J connectivity index is 1.57. The molecule has 1 atom stereocenters. The van der Waals surface area contributed by atoms with Gasteiger partial charge in [-0.15, -0.1) is 0 Å². The van der Waals surface area contributed by atoms with Gasteiger partial charge in [-0.1, -0.05) is 0 Å². The van der Waals surface area contributed by atoms with Gasteiger partial charge in [0.15, 0.2) is 0 Å². The molecule has 1 aliphatic heterocycles. The monoisotopic (exact) mass is 330 g/mol. The average molecular weight is 330 g/mol. The molecule has 0 saturated carbocycles. The zero-order chi connectivity index (χ0) is 17.1. The molecule has 130 valence electrons. The normalized spacial score (nSPS) is 18.9. The third-order valence-corrected chi connectivity index (χ3v) is 4.44. The number of aromatic nitrogens is 4. The number of hydrogen-bond acceptors (Lipinski definition) is 4. The highest BCUT2D eigenvalue weighted by molar-refractivity contribution is 5.91. The van der Waals surface area contributed by atoms with Gasteiger partial charge in [-0.3, -0.25) is 14.8 Å². The predicted molar refractivity (Wildman–Crippen MR) is 93.0 cm³/mol. The first-order valence-corrected chi connectivity index (χ1v) is 8.60. The highest BCUT2D eigenvalue weighted by Crippen LogP contribution is 2.25. The highest BCUT2D eigenvalue weighted by Gasteiger charge is 2.24. The third-order valence-electron chi connectivity index (χ3n) is 4.44. The first-order chi connectivity index (χ1) is 11.5. The molecule has 3 rings (SSSR count). The molecule has 1 fully saturated rings. The molecule has 1 amide bonds. The maximum absolute atomic E-state index is 12.4. The Bertz CT molecular complexity index is 689. The molecule has 0 radical (unpaired) electrons. The van der Waals surface area contributed by atoms with E-state index in [0.717, 1.165) is 43.1 Å². The van der Waals surface area contributed by atoms with Gasteiger partial charge < -0.3 is 5.32 Å². The molecule has 0 spiro atoms. The number of rotatable bonds is 5. The maximum atomic E-state index is 12.4. The number of likely N-dealkylation sites (tertiary alicyclic amines) is 1. The second-order valence-electron chi connectivity index (χ2n) is 6.85. The lowest BCUT2D eigenvalue weighted by Crippen LogP contribution is -2.40.